The van der Waals surface area contributed by atoms with Crippen molar-refractivity contribution in [2.45, 2.75) is 12.5 Å². The molecule has 2 rings (SSSR count). The standard InChI is InChI=1S/C17H18N2O/c18-16(12-17(19)20)15-10-8-14(9-11-15)7-6-13-4-2-1-3-5-13/h1-11,16H,12,18H2,(H2,19,20)/b7-6+. The van der Waals surface area contributed by atoms with Gasteiger partial charge in [-0.1, -0.05) is 66.7 Å². The van der Waals surface area contributed by atoms with Crippen molar-refractivity contribution in [1.29, 1.82) is 0 Å². The van der Waals surface area contributed by atoms with Gasteiger partial charge >= 0.3 is 0 Å². The van der Waals surface area contributed by atoms with E-state index in [2.05, 4.69) is 6.08 Å². The molecule has 0 saturated carbocycles. The van der Waals surface area contributed by atoms with Gasteiger partial charge in [0.05, 0.1) is 0 Å². The molecule has 2 aromatic carbocycles. The zero-order valence-corrected chi connectivity index (χ0v) is 11.2. The van der Waals surface area contributed by atoms with Gasteiger partial charge in [0.1, 0.15) is 0 Å². The van der Waals surface area contributed by atoms with Crippen LogP contribution in [-0.2, 0) is 4.79 Å². The smallest absolute Gasteiger partial charge is 0.219 e. The SMILES string of the molecule is NC(=O)CC(N)c1ccc(/C=C/c2ccccc2)cc1. The third-order valence-corrected chi connectivity index (χ3v) is 3.05. The van der Waals surface area contributed by atoms with Gasteiger partial charge in [-0.3, -0.25) is 4.79 Å². The van der Waals surface area contributed by atoms with Crippen LogP contribution in [0.25, 0.3) is 12.2 Å². The van der Waals surface area contributed by atoms with Crippen LogP contribution < -0.4 is 11.5 Å². The zero-order chi connectivity index (χ0) is 14.4. The highest BCUT2D eigenvalue weighted by atomic mass is 16.1. The van der Waals surface area contributed by atoms with Crippen LogP contribution in [0.15, 0.2) is 54.6 Å². The average molecular weight is 266 g/mol. The van der Waals surface area contributed by atoms with Crippen molar-refractivity contribution in [3.8, 4) is 0 Å². The van der Waals surface area contributed by atoms with Crippen LogP contribution in [-0.4, -0.2) is 5.91 Å². The summed E-state index contributed by atoms with van der Waals surface area (Å²) in [7, 11) is 0. The molecule has 0 fully saturated rings. The summed E-state index contributed by atoms with van der Waals surface area (Å²) in [6.45, 7) is 0. The van der Waals surface area contributed by atoms with E-state index in [-0.39, 0.29) is 18.4 Å². The Hall–Kier alpha value is -2.39. The lowest BCUT2D eigenvalue weighted by molar-refractivity contribution is -0.118. The maximum Gasteiger partial charge on any atom is 0.219 e. The number of hydrogen-bond donors (Lipinski definition) is 2. The number of amides is 1. The normalized spacial score (nSPS) is 12.4. The van der Waals surface area contributed by atoms with Gasteiger partial charge < -0.3 is 11.5 Å². The minimum atomic E-state index is -0.384. The van der Waals surface area contributed by atoms with Crippen molar-refractivity contribution < 1.29 is 4.79 Å². The Balaban J connectivity index is 2.05. The summed E-state index contributed by atoms with van der Waals surface area (Å²) in [5, 5.41) is 0. The Kier molecular flexibility index (Phi) is 4.69. The molecule has 0 heterocycles. The summed E-state index contributed by atoms with van der Waals surface area (Å²) in [5.74, 6) is -0.384. The van der Waals surface area contributed by atoms with Crippen molar-refractivity contribution >= 4 is 18.1 Å². The number of rotatable bonds is 5. The quantitative estimate of drug-likeness (QED) is 0.817. The number of nitrogens with two attached hydrogens (primary N) is 2. The van der Waals surface area contributed by atoms with E-state index >= 15 is 0 Å². The summed E-state index contributed by atoms with van der Waals surface area (Å²) in [6, 6.07) is 17.6. The molecule has 3 heteroatoms. The summed E-state index contributed by atoms with van der Waals surface area (Å²) >= 11 is 0. The first-order chi connectivity index (χ1) is 9.65. The van der Waals surface area contributed by atoms with Crippen LogP contribution in [0.1, 0.15) is 29.2 Å². The fourth-order valence-electron chi connectivity index (χ4n) is 1.95. The average Bonchev–Trinajstić information content (AvgIpc) is 2.46. The molecule has 0 aromatic heterocycles. The maximum atomic E-state index is 10.8. The first kappa shape index (κ1) is 14.0. The van der Waals surface area contributed by atoms with E-state index in [1.165, 1.54) is 0 Å². The second-order valence-corrected chi connectivity index (χ2v) is 4.69. The number of benzene rings is 2. The van der Waals surface area contributed by atoms with Crippen molar-refractivity contribution in [1.82, 2.24) is 0 Å². The lowest BCUT2D eigenvalue weighted by atomic mass is 10.0. The van der Waals surface area contributed by atoms with E-state index in [0.717, 1.165) is 16.7 Å². The molecule has 102 valence electrons. The number of carbonyl (C=O) groups excluding carboxylic acids is 1. The van der Waals surface area contributed by atoms with Crippen LogP contribution in [0.2, 0.25) is 0 Å². The predicted molar refractivity (Wildman–Crippen MR) is 82.6 cm³/mol. The molecule has 0 saturated heterocycles. The summed E-state index contributed by atoms with van der Waals surface area (Å²) < 4.78 is 0. The predicted octanol–water partition coefficient (Wildman–Crippen LogP) is 2.73. The third-order valence-electron chi connectivity index (χ3n) is 3.05. The number of hydrogen-bond acceptors (Lipinski definition) is 2. The first-order valence-corrected chi connectivity index (χ1v) is 6.52. The van der Waals surface area contributed by atoms with E-state index in [9.17, 15) is 4.79 Å². The molecular weight excluding hydrogens is 248 g/mol. The summed E-state index contributed by atoms with van der Waals surface area (Å²) in [6.07, 6.45) is 4.26. The first-order valence-electron chi connectivity index (χ1n) is 6.52. The minimum absolute atomic E-state index is 0.166. The van der Waals surface area contributed by atoms with Gasteiger partial charge in [0.15, 0.2) is 0 Å². The van der Waals surface area contributed by atoms with Gasteiger partial charge in [-0.15, -0.1) is 0 Å². The molecule has 0 aliphatic heterocycles. The molecule has 0 radical (unpaired) electrons. The fourth-order valence-corrected chi connectivity index (χ4v) is 1.95. The topological polar surface area (TPSA) is 69.1 Å². The van der Waals surface area contributed by atoms with E-state index in [1.54, 1.807) is 0 Å². The van der Waals surface area contributed by atoms with Crippen LogP contribution in [0, 0.1) is 0 Å². The van der Waals surface area contributed by atoms with Gasteiger partial charge in [0.2, 0.25) is 5.91 Å². The Morgan fingerprint density at radius 3 is 2.05 bits per heavy atom. The molecule has 4 N–H and O–H groups in total. The molecule has 2 aromatic rings. The molecule has 0 spiro atoms. The molecule has 1 atom stereocenters. The Morgan fingerprint density at radius 1 is 0.950 bits per heavy atom. The second-order valence-electron chi connectivity index (χ2n) is 4.69. The van der Waals surface area contributed by atoms with Gasteiger partial charge in [-0.2, -0.15) is 0 Å². The van der Waals surface area contributed by atoms with E-state index in [0.29, 0.717) is 0 Å². The lowest BCUT2D eigenvalue weighted by Crippen LogP contribution is -2.20. The second kappa shape index (κ2) is 6.68. The molecule has 1 unspecified atom stereocenters. The van der Waals surface area contributed by atoms with Gasteiger partial charge in [0.25, 0.3) is 0 Å². The summed E-state index contributed by atoms with van der Waals surface area (Å²) in [4.78, 5) is 10.8. The highest BCUT2D eigenvalue weighted by Crippen LogP contribution is 2.16. The molecule has 0 aliphatic carbocycles. The van der Waals surface area contributed by atoms with Crippen molar-refractivity contribution in [2.75, 3.05) is 0 Å². The van der Waals surface area contributed by atoms with Gasteiger partial charge in [0, 0.05) is 12.5 Å². The van der Waals surface area contributed by atoms with E-state index in [4.69, 9.17) is 11.5 Å². The third kappa shape index (κ3) is 4.07. The highest BCUT2D eigenvalue weighted by Gasteiger charge is 2.08. The maximum absolute atomic E-state index is 10.8. The molecule has 0 bridgehead atoms. The zero-order valence-electron chi connectivity index (χ0n) is 11.2. The molecule has 20 heavy (non-hydrogen) atoms. The monoisotopic (exact) mass is 266 g/mol. The van der Waals surface area contributed by atoms with Gasteiger partial charge in [-0.25, -0.2) is 0 Å². The van der Waals surface area contributed by atoms with Gasteiger partial charge in [-0.05, 0) is 16.7 Å². The molecule has 1 amide bonds. The lowest BCUT2D eigenvalue weighted by Gasteiger charge is -2.09. The highest BCUT2D eigenvalue weighted by molar-refractivity contribution is 5.74. The largest absolute Gasteiger partial charge is 0.370 e. The number of carbonyl (C=O) groups is 1. The van der Waals surface area contributed by atoms with Crippen LogP contribution in [0.3, 0.4) is 0 Å². The van der Waals surface area contributed by atoms with Crippen molar-refractivity contribution in [3.63, 3.8) is 0 Å². The Morgan fingerprint density at radius 2 is 1.50 bits per heavy atom. The van der Waals surface area contributed by atoms with E-state index in [1.807, 2.05) is 60.7 Å². The summed E-state index contributed by atoms with van der Waals surface area (Å²) in [5.41, 5.74) is 14.2. The molecular formula is C17H18N2O. The van der Waals surface area contributed by atoms with Crippen molar-refractivity contribution in [3.05, 3.63) is 71.3 Å². The van der Waals surface area contributed by atoms with Crippen LogP contribution in [0.5, 0.6) is 0 Å². The minimum Gasteiger partial charge on any atom is -0.370 e. The Bertz CT molecular complexity index is 588. The molecule has 3 nitrogen and oxygen atoms in total. The van der Waals surface area contributed by atoms with Crippen LogP contribution in [0.4, 0.5) is 0 Å². The van der Waals surface area contributed by atoms with Crippen LogP contribution >= 0.6 is 0 Å². The van der Waals surface area contributed by atoms with Crippen molar-refractivity contribution in [2.24, 2.45) is 11.5 Å². The Labute approximate surface area is 118 Å². The fraction of sp³-hybridized carbons (Fsp3) is 0.118. The number of primary amides is 1. The van der Waals surface area contributed by atoms with E-state index < -0.39 is 0 Å². The molecule has 0 aliphatic rings.